The lowest BCUT2D eigenvalue weighted by Crippen LogP contribution is -2.63. The summed E-state index contributed by atoms with van der Waals surface area (Å²) in [4.78, 5) is 98.4. The van der Waals surface area contributed by atoms with E-state index in [0.29, 0.717) is 13.0 Å². The minimum Gasteiger partial charge on any atom is -0.344 e. The summed E-state index contributed by atoms with van der Waals surface area (Å²) in [6, 6.07) is 8.82. The molecule has 1 saturated carbocycles. The van der Waals surface area contributed by atoms with Gasteiger partial charge in [0, 0.05) is 12.6 Å². The van der Waals surface area contributed by atoms with Crippen LogP contribution in [0, 0.1) is 22.7 Å². The Hall–Kier alpha value is -4.81. The van der Waals surface area contributed by atoms with E-state index in [4.69, 9.17) is 0 Å². The molecular weight excluding hydrogens is 676 g/mol. The zero-order chi connectivity index (χ0) is 39.2. The lowest BCUT2D eigenvalue weighted by molar-refractivity contribution is -0.146. The minimum atomic E-state index is -1.09. The molecule has 0 bridgehead atoms. The Balaban J connectivity index is 1.55. The van der Waals surface area contributed by atoms with Gasteiger partial charge in [0.1, 0.15) is 23.8 Å². The maximum Gasteiger partial charge on any atom is 0.290 e. The highest BCUT2D eigenvalue weighted by molar-refractivity contribution is 6.38. The van der Waals surface area contributed by atoms with E-state index in [0.717, 1.165) is 24.8 Å². The van der Waals surface area contributed by atoms with E-state index in [1.165, 1.54) is 23.1 Å². The summed E-state index contributed by atoms with van der Waals surface area (Å²) in [5.41, 5.74) is -1.24. The van der Waals surface area contributed by atoms with Gasteiger partial charge in [-0.05, 0) is 60.5 Å². The first-order valence-electron chi connectivity index (χ1n) is 18.6. The van der Waals surface area contributed by atoms with Gasteiger partial charge in [-0.3, -0.25) is 33.6 Å². The molecule has 13 nitrogen and oxygen atoms in total. The fourth-order valence-electron chi connectivity index (χ4n) is 7.44. The van der Waals surface area contributed by atoms with Gasteiger partial charge < -0.3 is 31.2 Å². The number of amides is 5. The largest absolute Gasteiger partial charge is 0.344 e. The summed E-state index contributed by atoms with van der Waals surface area (Å²) in [5.74, 6) is -3.82. The molecule has 1 aliphatic carbocycles. The minimum absolute atomic E-state index is 0.0106. The van der Waals surface area contributed by atoms with Gasteiger partial charge in [0.2, 0.25) is 29.1 Å². The molecule has 2 aromatic rings. The van der Waals surface area contributed by atoms with Crippen molar-refractivity contribution in [3.05, 3.63) is 70.1 Å². The van der Waals surface area contributed by atoms with Crippen LogP contribution in [-0.4, -0.2) is 75.9 Å². The maximum atomic E-state index is 14.6. The van der Waals surface area contributed by atoms with E-state index in [1.807, 2.05) is 58.0 Å². The average molecular weight is 733 g/mol. The Morgan fingerprint density at radius 1 is 0.830 bits per heavy atom. The Bertz CT molecular complexity index is 1730. The van der Waals surface area contributed by atoms with Gasteiger partial charge >= 0.3 is 0 Å². The third-order valence-electron chi connectivity index (χ3n) is 10.3. The molecule has 4 rings (SSSR count). The fourth-order valence-corrected chi connectivity index (χ4v) is 7.44. The zero-order valence-corrected chi connectivity index (χ0v) is 32.2. The van der Waals surface area contributed by atoms with Crippen LogP contribution in [0.15, 0.2) is 53.3 Å². The molecule has 0 spiro atoms. The number of rotatable bonds is 13. The van der Waals surface area contributed by atoms with Crippen LogP contribution in [0.25, 0.3) is 0 Å². The molecule has 2 aliphatic rings. The number of aromatic amines is 1. The van der Waals surface area contributed by atoms with Crippen LogP contribution in [0.4, 0.5) is 0 Å². The molecule has 1 aromatic heterocycles. The highest BCUT2D eigenvalue weighted by Gasteiger charge is 2.52. The van der Waals surface area contributed by atoms with Gasteiger partial charge in [-0.25, -0.2) is 0 Å². The molecule has 5 N–H and O–H groups in total. The monoisotopic (exact) mass is 732 g/mol. The van der Waals surface area contributed by atoms with E-state index >= 15 is 0 Å². The number of Topliss-reactive ketones (excluding diaryl/α,β-unsaturated/α-hetero) is 1. The quantitative estimate of drug-likeness (QED) is 0.195. The van der Waals surface area contributed by atoms with Gasteiger partial charge in [-0.15, -0.1) is 0 Å². The summed E-state index contributed by atoms with van der Waals surface area (Å²) in [6.45, 7) is 14.7. The number of H-pyrrole nitrogens is 1. The third kappa shape index (κ3) is 10.00. The highest BCUT2D eigenvalue weighted by atomic mass is 16.2. The summed E-state index contributed by atoms with van der Waals surface area (Å²) >= 11 is 0. The summed E-state index contributed by atoms with van der Waals surface area (Å²) in [5, 5.41) is 11.2. The molecule has 1 aromatic carbocycles. The lowest BCUT2D eigenvalue weighted by Gasteiger charge is -2.38. The number of pyridine rings is 1. The normalized spacial score (nSPS) is 20.7. The van der Waals surface area contributed by atoms with Crippen molar-refractivity contribution in [3.8, 4) is 0 Å². The number of nitrogens with zero attached hydrogens (tertiary/aromatic N) is 1. The number of ketones is 1. The first-order chi connectivity index (χ1) is 24.8. The zero-order valence-electron chi connectivity index (χ0n) is 32.2. The number of fused-ring (bicyclic) bond motifs is 1. The fraction of sp³-hybridized carbons (Fsp3) is 0.575. The number of aromatic nitrogens is 1. The molecule has 1 unspecified atom stereocenters. The van der Waals surface area contributed by atoms with Crippen molar-refractivity contribution >= 4 is 35.3 Å². The first-order valence-corrected chi connectivity index (χ1v) is 18.6. The smallest absolute Gasteiger partial charge is 0.290 e. The Labute approximate surface area is 311 Å². The van der Waals surface area contributed by atoms with Crippen molar-refractivity contribution in [1.82, 2.24) is 31.2 Å². The average Bonchev–Trinajstić information content (AvgIpc) is 3.70. The molecule has 1 aliphatic heterocycles. The predicted octanol–water partition coefficient (Wildman–Crippen LogP) is 3.41. The van der Waals surface area contributed by atoms with Gasteiger partial charge in [0.15, 0.2) is 0 Å². The SMILES string of the molecule is CCC[C@H](NC(=O)[C@@H]1[C@H]2CCCC2CN1C(=O)[C@@H](NC(=O)[C@@H](NC(=O)c1cccc(=O)[nH]1)C(C)(C)C)C(C)(C)C)C(=O)C(=O)N[C@@H](C)c1ccccc1. The summed E-state index contributed by atoms with van der Waals surface area (Å²) in [7, 11) is 0. The number of carbonyl (C=O) groups excluding carboxylic acids is 6. The predicted molar refractivity (Wildman–Crippen MR) is 200 cm³/mol. The second-order valence-electron chi connectivity index (χ2n) is 16.6. The molecule has 2 fully saturated rings. The van der Waals surface area contributed by atoms with Crippen LogP contribution in [0.5, 0.6) is 0 Å². The molecule has 1 saturated heterocycles. The van der Waals surface area contributed by atoms with E-state index in [2.05, 4.69) is 26.3 Å². The van der Waals surface area contributed by atoms with Gasteiger partial charge in [-0.2, -0.15) is 0 Å². The van der Waals surface area contributed by atoms with Crippen LogP contribution in [0.3, 0.4) is 0 Å². The van der Waals surface area contributed by atoms with Crippen molar-refractivity contribution in [2.45, 2.75) is 118 Å². The molecule has 13 heteroatoms. The van der Waals surface area contributed by atoms with Crippen LogP contribution in [-0.2, 0) is 24.0 Å². The third-order valence-corrected chi connectivity index (χ3v) is 10.3. The number of hydrogen-bond acceptors (Lipinski definition) is 7. The first kappa shape index (κ1) is 41.0. The van der Waals surface area contributed by atoms with E-state index in [9.17, 15) is 33.6 Å². The molecule has 288 valence electrons. The Morgan fingerprint density at radius 2 is 1.49 bits per heavy atom. The van der Waals surface area contributed by atoms with Crippen LogP contribution in [0.2, 0.25) is 0 Å². The summed E-state index contributed by atoms with van der Waals surface area (Å²) in [6.07, 6.45) is 3.23. The van der Waals surface area contributed by atoms with E-state index in [-0.39, 0.29) is 24.0 Å². The number of carbonyl (C=O) groups is 6. The second kappa shape index (κ2) is 16.9. The van der Waals surface area contributed by atoms with Crippen LogP contribution >= 0.6 is 0 Å². The number of benzene rings is 1. The summed E-state index contributed by atoms with van der Waals surface area (Å²) < 4.78 is 0. The second-order valence-corrected chi connectivity index (χ2v) is 16.6. The highest BCUT2D eigenvalue weighted by Crippen LogP contribution is 2.43. The van der Waals surface area contributed by atoms with E-state index < -0.39 is 81.9 Å². The molecule has 2 heterocycles. The van der Waals surface area contributed by atoms with Crippen molar-refractivity contribution in [3.63, 3.8) is 0 Å². The van der Waals surface area contributed by atoms with Crippen LogP contribution in [0.1, 0.15) is 110 Å². The topological polar surface area (TPSA) is 187 Å². The molecule has 7 atom stereocenters. The van der Waals surface area contributed by atoms with Gasteiger partial charge in [-0.1, -0.05) is 97.7 Å². The Morgan fingerprint density at radius 3 is 2.09 bits per heavy atom. The Kier molecular flexibility index (Phi) is 13.1. The number of hydrogen-bond donors (Lipinski definition) is 5. The van der Waals surface area contributed by atoms with Crippen molar-refractivity contribution in [2.24, 2.45) is 22.7 Å². The number of nitrogens with one attached hydrogen (secondary N) is 5. The molecule has 5 amide bonds. The maximum absolute atomic E-state index is 14.6. The molecular formula is C40H56N6O7. The van der Waals surface area contributed by atoms with Crippen molar-refractivity contribution in [2.75, 3.05) is 6.54 Å². The lowest BCUT2D eigenvalue weighted by atomic mass is 9.82. The van der Waals surface area contributed by atoms with E-state index in [1.54, 1.807) is 27.7 Å². The van der Waals surface area contributed by atoms with Gasteiger partial charge in [0.25, 0.3) is 11.8 Å². The number of likely N-dealkylation sites (tertiary alicyclic amines) is 1. The van der Waals surface area contributed by atoms with Gasteiger partial charge in [0.05, 0.1) is 12.1 Å². The molecule has 0 radical (unpaired) electrons. The van der Waals surface area contributed by atoms with Crippen molar-refractivity contribution in [1.29, 1.82) is 0 Å². The molecule has 53 heavy (non-hydrogen) atoms. The van der Waals surface area contributed by atoms with Crippen molar-refractivity contribution < 1.29 is 28.8 Å². The van der Waals surface area contributed by atoms with Crippen LogP contribution < -0.4 is 26.8 Å². The standard InChI is InChI=1S/C40H56N6O7/c1-9-15-27(31(48)36(51)41-23(2)24-16-11-10-12-17-24)43-35(50)30-26-19-13-18-25(26)22-46(30)38(53)33(40(6,7)8)45-37(52)32(39(3,4)5)44-34(49)28-20-14-21-29(47)42-28/h10-12,14,16-17,20-21,23,25-27,30,32-33H,9,13,15,18-19,22H2,1-8H3,(H,41,51)(H,42,47)(H,43,50)(H,44,49)(H,45,52)/t23-,25?,26-,27-,30-,32+,33+/m0/s1.